The predicted molar refractivity (Wildman–Crippen MR) is 161 cm³/mol. The molecule has 0 fully saturated rings. The fraction of sp³-hybridized carbons (Fsp3) is 0.300. The molecule has 2 aromatic heterocycles. The molecule has 0 spiro atoms. The second-order valence-electron chi connectivity index (χ2n) is 9.97. The van der Waals surface area contributed by atoms with Crippen LogP contribution in [0.1, 0.15) is 25.3 Å². The van der Waals surface area contributed by atoms with Gasteiger partial charge in [-0.3, -0.25) is 24.6 Å². The number of nitrogens with zero attached hydrogens (tertiary/aromatic N) is 2. The van der Waals surface area contributed by atoms with Crippen molar-refractivity contribution < 1.29 is 60.0 Å². The summed E-state index contributed by atoms with van der Waals surface area (Å²) in [5.74, 6) is -2.66. The smallest absolute Gasteiger partial charge is 0.450 e. The highest BCUT2D eigenvalue weighted by Gasteiger charge is 2.60. The number of alkyl halides is 6. The number of carbonyl (C=O) groups excluding carboxylic acids is 3. The van der Waals surface area contributed by atoms with Gasteiger partial charge < -0.3 is 30.4 Å². The average molecular weight is 701 g/mol. The number of aliphatic hydroxyl groups is 1. The van der Waals surface area contributed by atoms with Crippen LogP contribution in [0.5, 0.6) is 11.5 Å². The SMILES string of the molecule is CCOC(=O)CC(=O)C(F)(F)F.COc1ccc(-c2[nH]nc3c2C(O)(C(F)(F)F)CC(=O)N3)cc1.COc1ccc(-c2cc(N)n[nH]2)cc1. The quantitative estimate of drug-likeness (QED) is 0.100. The highest BCUT2D eigenvalue weighted by atomic mass is 19.4. The summed E-state index contributed by atoms with van der Waals surface area (Å²) in [5, 5.41) is 25.3. The van der Waals surface area contributed by atoms with Crippen LogP contribution in [0.4, 0.5) is 38.0 Å². The fourth-order valence-corrected chi connectivity index (χ4v) is 4.24. The molecule has 19 heteroatoms. The summed E-state index contributed by atoms with van der Waals surface area (Å²) in [6, 6.07) is 15.7. The normalized spacial score (nSPS) is 15.3. The molecule has 1 aliphatic heterocycles. The van der Waals surface area contributed by atoms with Gasteiger partial charge in [0.1, 0.15) is 23.7 Å². The first-order chi connectivity index (χ1) is 22.9. The van der Waals surface area contributed by atoms with Gasteiger partial charge in [0, 0.05) is 11.6 Å². The number of esters is 1. The maximum absolute atomic E-state index is 13.4. The molecule has 3 heterocycles. The highest BCUT2D eigenvalue weighted by molar-refractivity contribution is 5.98. The van der Waals surface area contributed by atoms with Crippen molar-refractivity contribution in [3.05, 3.63) is 60.2 Å². The first-order valence-corrected chi connectivity index (χ1v) is 14.0. The Bertz CT molecular complexity index is 1740. The van der Waals surface area contributed by atoms with E-state index in [1.165, 1.54) is 26.2 Å². The van der Waals surface area contributed by atoms with Gasteiger partial charge in [-0.25, -0.2) is 0 Å². The minimum Gasteiger partial charge on any atom is -0.497 e. The van der Waals surface area contributed by atoms with Gasteiger partial charge in [0.25, 0.3) is 0 Å². The summed E-state index contributed by atoms with van der Waals surface area (Å²) in [4.78, 5) is 32.0. The van der Waals surface area contributed by atoms with Crippen LogP contribution in [-0.4, -0.2) is 76.3 Å². The molecule has 264 valence electrons. The molecule has 0 saturated heterocycles. The highest BCUT2D eigenvalue weighted by Crippen LogP contribution is 2.49. The minimum absolute atomic E-state index is 0.0116. The summed E-state index contributed by atoms with van der Waals surface area (Å²) in [7, 11) is 3.11. The van der Waals surface area contributed by atoms with Crippen LogP contribution in [0, 0.1) is 0 Å². The Kier molecular flexibility index (Phi) is 12.0. The molecular weight excluding hydrogens is 670 g/mol. The van der Waals surface area contributed by atoms with Crippen molar-refractivity contribution in [1.29, 1.82) is 0 Å². The Morgan fingerprint density at radius 1 is 0.918 bits per heavy atom. The molecule has 2 aromatic carbocycles. The van der Waals surface area contributed by atoms with Gasteiger partial charge in [0.15, 0.2) is 11.4 Å². The molecular formula is C30H30F6N6O7. The number of anilines is 2. The number of methoxy groups -OCH3 is 2. The molecule has 1 aliphatic rings. The van der Waals surface area contributed by atoms with E-state index in [9.17, 15) is 45.8 Å². The third-order valence-corrected chi connectivity index (χ3v) is 6.63. The van der Waals surface area contributed by atoms with Gasteiger partial charge in [-0.05, 0) is 61.0 Å². The first kappa shape index (κ1) is 37.9. The monoisotopic (exact) mass is 700 g/mol. The Hall–Kier alpha value is -5.59. The number of amides is 1. The number of hydrogen-bond donors (Lipinski definition) is 5. The number of ketones is 1. The van der Waals surface area contributed by atoms with Gasteiger partial charge >= 0.3 is 18.3 Å². The second-order valence-corrected chi connectivity index (χ2v) is 9.97. The molecule has 4 aromatic rings. The van der Waals surface area contributed by atoms with E-state index in [-0.39, 0.29) is 18.1 Å². The number of Topliss-reactive ketones (excluding diaryl/α,β-unsaturated/α-hetero) is 1. The lowest BCUT2D eigenvalue weighted by Crippen LogP contribution is -2.48. The standard InChI is InChI=1S/C14H12F3N3O3.C10H11N3O.C6H7F3O3/c1-23-8-4-2-7(3-5-8)11-10-12(20-19-11)18-9(21)6-13(10,22)14(15,16)17;1-14-8-4-2-7(3-5-8)9-6-10(11)13-12-9;1-2-12-5(11)3-4(10)6(7,8)9/h2-5,22H,6H2,1H3,(H2,18,19,20,21);2-6H,1H3,(H3,11,12,13);2-3H2,1H3. The number of carbonyl (C=O) groups is 3. The van der Waals surface area contributed by atoms with E-state index in [0.29, 0.717) is 17.1 Å². The zero-order valence-corrected chi connectivity index (χ0v) is 26.0. The zero-order chi connectivity index (χ0) is 36.6. The number of halogens is 6. The lowest BCUT2D eigenvalue weighted by atomic mass is 9.85. The van der Waals surface area contributed by atoms with Crippen molar-refractivity contribution >= 4 is 29.3 Å². The van der Waals surface area contributed by atoms with Crippen molar-refractivity contribution in [2.24, 2.45) is 0 Å². The van der Waals surface area contributed by atoms with E-state index in [1.54, 1.807) is 25.3 Å². The van der Waals surface area contributed by atoms with Crippen molar-refractivity contribution in [2.45, 2.75) is 37.7 Å². The number of nitrogens with two attached hydrogens (primary N) is 1. The topological polar surface area (TPSA) is 195 Å². The minimum atomic E-state index is -5.02. The molecule has 13 nitrogen and oxygen atoms in total. The average Bonchev–Trinajstić information content (AvgIpc) is 3.67. The number of rotatable bonds is 7. The Balaban J connectivity index is 0.000000215. The Labute approximate surface area is 273 Å². The molecule has 1 unspecified atom stereocenters. The molecule has 1 amide bonds. The second kappa shape index (κ2) is 15.5. The Morgan fingerprint density at radius 3 is 1.92 bits per heavy atom. The number of H-pyrrole nitrogens is 2. The lowest BCUT2D eigenvalue weighted by Gasteiger charge is -2.33. The summed E-state index contributed by atoms with van der Waals surface area (Å²) >= 11 is 0. The van der Waals surface area contributed by atoms with Gasteiger partial charge in [0.2, 0.25) is 11.7 Å². The number of aromatic amines is 2. The number of aromatic nitrogens is 4. The third-order valence-electron chi connectivity index (χ3n) is 6.63. The summed E-state index contributed by atoms with van der Waals surface area (Å²) in [5.41, 5.74) is 4.02. The molecule has 6 N–H and O–H groups in total. The molecule has 0 bridgehead atoms. The van der Waals surface area contributed by atoms with Gasteiger partial charge in [-0.15, -0.1) is 0 Å². The maximum Gasteiger partial charge on any atom is 0.450 e. The van der Waals surface area contributed by atoms with E-state index in [0.717, 1.165) is 17.0 Å². The Morgan fingerprint density at radius 2 is 1.47 bits per heavy atom. The summed E-state index contributed by atoms with van der Waals surface area (Å²) < 4.78 is 88.8. The maximum atomic E-state index is 13.4. The van der Waals surface area contributed by atoms with E-state index < -0.39 is 54.0 Å². The molecule has 0 saturated carbocycles. The van der Waals surface area contributed by atoms with Crippen LogP contribution in [-0.2, 0) is 24.7 Å². The number of nitrogens with one attached hydrogen (secondary N) is 3. The van der Waals surface area contributed by atoms with E-state index in [1.807, 2.05) is 24.3 Å². The lowest BCUT2D eigenvalue weighted by molar-refractivity contribution is -0.267. The third kappa shape index (κ3) is 9.49. The molecule has 5 rings (SSSR count). The van der Waals surface area contributed by atoms with Gasteiger partial charge in [-0.1, -0.05) is 0 Å². The fourth-order valence-electron chi connectivity index (χ4n) is 4.24. The number of nitrogen functional groups attached to an aromatic ring is 1. The van der Waals surface area contributed by atoms with E-state index in [4.69, 9.17) is 15.2 Å². The first-order valence-electron chi connectivity index (χ1n) is 14.0. The van der Waals surface area contributed by atoms with E-state index >= 15 is 0 Å². The molecule has 0 radical (unpaired) electrons. The number of ether oxygens (including phenoxy) is 3. The van der Waals surface area contributed by atoms with Crippen LogP contribution in [0.15, 0.2) is 54.6 Å². The number of benzene rings is 2. The molecule has 1 atom stereocenters. The van der Waals surface area contributed by atoms with Crippen LogP contribution in [0.3, 0.4) is 0 Å². The van der Waals surface area contributed by atoms with Gasteiger partial charge in [0.05, 0.1) is 44.2 Å². The van der Waals surface area contributed by atoms with Crippen LogP contribution in [0.2, 0.25) is 0 Å². The summed E-state index contributed by atoms with van der Waals surface area (Å²) in [6.07, 6.45) is -12.3. The van der Waals surface area contributed by atoms with Crippen LogP contribution >= 0.6 is 0 Å². The van der Waals surface area contributed by atoms with Crippen molar-refractivity contribution in [2.75, 3.05) is 31.9 Å². The van der Waals surface area contributed by atoms with Crippen molar-refractivity contribution in [1.82, 2.24) is 20.4 Å². The number of hydrogen-bond acceptors (Lipinski definition) is 10. The van der Waals surface area contributed by atoms with Gasteiger partial charge in [-0.2, -0.15) is 36.5 Å². The van der Waals surface area contributed by atoms with Crippen molar-refractivity contribution in [3.8, 4) is 34.0 Å². The zero-order valence-electron chi connectivity index (χ0n) is 26.0. The van der Waals surface area contributed by atoms with Crippen molar-refractivity contribution in [3.63, 3.8) is 0 Å². The molecule has 49 heavy (non-hydrogen) atoms. The largest absolute Gasteiger partial charge is 0.497 e. The predicted octanol–water partition coefficient (Wildman–Crippen LogP) is 4.92. The van der Waals surface area contributed by atoms with E-state index in [2.05, 4.69) is 30.4 Å². The van der Waals surface area contributed by atoms with Crippen LogP contribution < -0.4 is 20.5 Å². The summed E-state index contributed by atoms with van der Waals surface area (Å²) in [6.45, 7) is 1.40. The van der Waals surface area contributed by atoms with Crippen LogP contribution in [0.25, 0.3) is 22.5 Å². The molecule has 0 aliphatic carbocycles. The number of fused-ring (bicyclic) bond motifs is 1.